The van der Waals surface area contributed by atoms with Gasteiger partial charge in [0, 0.05) is 11.3 Å². The van der Waals surface area contributed by atoms with E-state index >= 15 is 0 Å². The molecule has 1 aromatic heterocycles. The molecule has 0 aliphatic rings. The summed E-state index contributed by atoms with van der Waals surface area (Å²) in [5.41, 5.74) is 4.71. The molecule has 4 rings (SSSR count). The van der Waals surface area contributed by atoms with Gasteiger partial charge in [-0.25, -0.2) is 9.37 Å². The van der Waals surface area contributed by atoms with Crippen LogP contribution in [0.25, 0.3) is 22.6 Å². The van der Waals surface area contributed by atoms with E-state index in [-0.39, 0.29) is 18.3 Å². The number of oxazole rings is 1. The zero-order chi connectivity index (χ0) is 20.4. The highest BCUT2D eigenvalue weighted by Gasteiger charge is 2.11. The molecular formula is C23H19FN2O3. The fraction of sp³-hybridized carbons (Fsp3) is 0.130. The minimum absolute atomic E-state index is 0.0970. The molecule has 4 aromatic rings. The van der Waals surface area contributed by atoms with Crippen molar-refractivity contribution in [1.29, 1.82) is 0 Å². The summed E-state index contributed by atoms with van der Waals surface area (Å²) in [5.74, 6) is 0.448. The second-order valence-electron chi connectivity index (χ2n) is 6.79. The Morgan fingerprint density at radius 3 is 2.59 bits per heavy atom. The zero-order valence-electron chi connectivity index (χ0n) is 16.0. The largest absolute Gasteiger partial charge is 0.484 e. The van der Waals surface area contributed by atoms with E-state index in [0.29, 0.717) is 34.0 Å². The van der Waals surface area contributed by atoms with Gasteiger partial charge < -0.3 is 14.5 Å². The van der Waals surface area contributed by atoms with Gasteiger partial charge in [-0.1, -0.05) is 6.07 Å². The average Bonchev–Trinajstić information content (AvgIpc) is 3.13. The van der Waals surface area contributed by atoms with Crippen molar-refractivity contribution in [3.63, 3.8) is 0 Å². The number of aromatic nitrogens is 1. The van der Waals surface area contributed by atoms with Gasteiger partial charge in [-0.15, -0.1) is 0 Å². The molecule has 29 heavy (non-hydrogen) atoms. The van der Waals surface area contributed by atoms with Crippen LogP contribution in [0, 0.1) is 19.7 Å². The highest BCUT2D eigenvalue weighted by Crippen LogP contribution is 2.26. The Balaban J connectivity index is 1.44. The van der Waals surface area contributed by atoms with Crippen LogP contribution in [0.1, 0.15) is 11.1 Å². The number of amides is 1. The summed E-state index contributed by atoms with van der Waals surface area (Å²) in [6.07, 6.45) is 0. The van der Waals surface area contributed by atoms with Gasteiger partial charge in [0.25, 0.3) is 5.91 Å². The minimum atomic E-state index is -0.321. The van der Waals surface area contributed by atoms with Crippen molar-refractivity contribution >= 4 is 22.7 Å². The molecular weight excluding hydrogens is 371 g/mol. The first-order chi connectivity index (χ1) is 14.0. The number of anilines is 1. The summed E-state index contributed by atoms with van der Waals surface area (Å²) in [7, 11) is 0. The lowest BCUT2D eigenvalue weighted by Crippen LogP contribution is -2.20. The van der Waals surface area contributed by atoms with E-state index in [2.05, 4.69) is 10.3 Å². The van der Waals surface area contributed by atoms with Crippen LogP contribution in [0.2, 0.25) is 0 Å². The Bertz CT molecular complexity index is 1180. The van der Waals surface area contributed by atoms with Crippen LogP contribution in [0.15, 0.2) is 65.1 Å². The quantitative estimate of drug-likeness (QED) is 0.504. The fourth-order valence-electron chi connectivity index (χ4n) is 2.87. The van der Waals surface area contributed by atoms with E-state index in [9.17, 15) is 9.18 Å². The molecule has 146 valence electrons. The second-order valence-corrected chi connectivity index (χ2v) is 6.79. The van der Waals surface area contributed by atoms with E-state index in [4.69, 9.17) is 9.15 Å². The van der Waals surface area contributed by atoms with Crippen molar-refractivity contribution in [3.8, 4) is 17.2 Å². The van der Waals surface area contributed by atoms with Crippen LogP contribution in [0.5, 0.6) is 5.75 Å². The van der Waals surface area contributed by atoms with Crippen molar-refractivity contribution in [2.75, 3.05) is 11.9 Å². The van der Waals surface area contributed by atoms with Gasteiger partial charge in [-0.3, -0.25) is 4.79 Å². The van der Waals surface area contributed by atoms with Crippen LogP contribution in [0.3, 0.4) is 0 Å². The summed E-state index contributed by atoms with van der Waals surface area (Å²) >= 11 is 0. The Morgan fingerprint density at radius 2 is 1.83 bits per heavy atom. The van der Waals surface area contributed by atoms with E-state index in [1.807, 2.05) is 32.0 Å². The molecule has 1 heterocycles. The normalized spacial score (nSPS) is 10.9. The van der Waals surface area contributed by atoms with Crippen molar-refractivity contribution in [2.45, 2.75) is 13.8 Å². The molecule has 0 aliphatic heterocycles. The van der Waals surface area contributed by atoms with Gasteiger partial charge >= 0.3 is 0 Å². The van der Waals surface area contributed by atoms with Crippen LogP contribution < -0.4 is 10.1 Å². The lowest BCUT2D eigenvalue weighted by molar-refractivity contribution is -0.118. The molecule has 0 spiro atoms. The third-order valence-electron chi connectivity index (χ3n) is 4.61. The number of hydrogen-bond donors (Lipinski definition) is 1. The predicted molar refractivity (Wildman–Crippen MR) is 109 cm³/mol. The molecule has 5 nitrogen and oxygen atoms in total. The van der Waals surface area contributed by atoms with Gasteiger partial charge in [-0.2, -0.15) is 0 Å². The second kappa shape index (κ2) is 7.75. The number of fused-ring (bicyclic) bond motifs is 1. The lowest BCUT2D eigenvalue weighted by atomic mass is 10.1. The maximum absolute atomic E-state index is 13.1. The standard InChI is InChI=1S/C23H19FN2O3/c1-14-3-9-19(11-15(14)2)28-13-22(27)25-18-8-10-21-20(12-18)26-23(29-21)16-4-6-17(24)7-5-16/h3-12H,13H2,1-2H3,(H,25,27). The van der Waals surface area contributed by atoms with E-state index < -0.39 is 0 Å². The Labute approximate surface area is 167 Å². The van der Waals surface area contributed by atoms with Crippen molar-refractivity contribution in [2.24, 2.45) is 0 Å². The molecule has 0 aliphatic carbocycles. The molecule has 1 amide bonds. The zero-order valence-corrected chi connectivity index (χ0v) is 16.0. The van der Waals surface area contributed by atoms with Crippen molar-refractivity contribution in [1.82, 2.24) is 4.98 Å². The first-order valence-corrected chi connectivity index (χ1v) is 9.14. The summed E-state index contributed by atoms with van der Waals surface area (Å²) in [5, 5.41) is 2.79. The summed E-state index contributed by atoms with van der Waals surface area (Å²) in [4.78, 5) is 16.6. The molecule has 1 N–H and O–H groups in total. The van der Waals surface area contributed by atoms with Crippen LogP contribution >= 0.6 is 0 Å². The smallest absolute Gasteiger partial charge is 0.262 e. The topological polar surface area (TPSA) is 64.4 Å². The van der Waals surface area contributed by atoms with Crippen LogP contribution in [-0.4, -0.2) is 17.5 Å². The number of carbonyl (C=O) groups is 1. The molecule has 0 saturated heterocycles. The number of nitrogens with zero attached hydrogens (tertiary/aromatic N) is 1. The summed E-state index contributed by atoms with van der Waals surface area (Å²) in [6.45, 7) is 3.92. The first kappa shape index (κ1) is 18.7. The first-order valence-electron chi connectivity index (χ1n) is 9.14. The molecule has 0 bridgehead atoms. The molecule has 3 aromatic carbocycles. The maximum Gasteiger partial charge on any atom is 0.262 e. The number of rotatable bonds is 5. The number of hydrogen-bond acceptors (Lipinski definition) is 4. The molecule has 0 unspecified atom stereocenters. The maximum atomic E-state index is 13.1. The molecule has 6 heteroatoms. The number of benzene rings is 3. The minimum Gasteiger partial charge on any atom is -0.484 e. The molecule has 0 atom stereocenters. The van der Waals surface area contributed by atoms with Crippen LogP contribution in [-0.2, 0) is 4.79 Å². The van der Waals surface area contributed by atoms with E-state index in [1.54, 1.807) is 30.3 Å². The Morgan fingerprint density at radius 1 is 1.03 bits per heavy atom. The van der Waals surface area contributed by atoms with Crippen LogP contribution in [0.4, 0.5) is 10.1 Å². The van der Waals surface area contributed by atoms with Gasteiger partial charge in [-0.05, 0) is 79.6 Å². The van der Waals surface area contributed by atoms with Gasteiger partial charge in [0.05, 0.1) is 0 Å². The third kappa shape index (κ3) is 4.27. The molecule has 0 fully saturated rings. The SMILES string of the molecule is Cc1ccc(OCC(=O)Nc2ccc3oc(-c4ccc(F)cc4)nc3c2)cc1C. The monoisotopic (exact) mass is 390 g/mol. The average molecular weight is 390 g/mol. The number of ether oxygens (including phenoxy) is 1. The number of halogens is 1. The fourth-order valence-corrected chi connectivity index (χ4v) is 2.87. The number of carbonyl (C=O) groups excluding carboxylic acids is 1. The predicted octanol–water partition coefficient (Wildman–Crippen LogP) is 5.27. The summed E-state index contributed by atoms with van der Waals surface area (Å²) in [6, 6.07) is 16.8. The van der Waals surface area contributed by atoms with Gasteiger partial charge in [0.1, 0.15) is 17.1 Å². The van der Waals surface area contributed by atoms with Gasteiger partial charge in [0.2, 0.25) is 5.89 Å². The van der Waals surface area contributed by atoms with Crippen molar-refractivity contribution < 1.29 is 18.3 Å². The third-order valence-corrected chi connectivity index (χ3v) is 4.61. The molecule has 0 saturated carbocycles. The van der Waals surface area contributed by atoms with Crippen molar-refractivity contribution in [3.05, 3.63) is 77.6 Å². The van der Waals surface area contributed by atoms with E-state index in [0.717, 1.165) is 5.56 Å². The Kier molecular flexibility index (Phi) is 4.99. The van der Waals surface area contributed by atoms with E-state index in [1.165, 1.54) is 17.7 Å². The highest BCUT2D eigenvalue weighted by atomic mass is 19.1. The number of nitrogens with one attached hydrogen (secondary N) is 1. The van der Waals surface area contributed by atoms with Gasteiger partial charge in [0.15, 0.2) is 12.2 Å². The number of aryl methyl sites for hydroxylation is 2. The molecule has 0 radical (unpaired) electrons. The highest BCUT2D eigenvalue weighted by molar-refractivity contribution is 5.94. The lowest BCUT2D eigenvalue weighted by Gasteiger charge is -2.09. The summed E-state index contributed by atoms with van der Waals surface area (Å²) < 4.78 is 24.4. The Hall–Kier alpha value is -3.67.